The summed E-state index contributed by atoms with van der Waals surface area (Å²) in [5.41, 5.74) is 4.91. The smallest absolute Gasteiger partial charge is 0.316 e. The number of primary amides is 1. The van der Waals surface area contributed by atoms with E-state index >= 15 is 0 Å². The molecule has 0 spiro atoms. The van der Waals surface area contributed by atoms with Crippen LogP contribution >= 0.6 is 0 Å². The van der Waals surface area contributed by atoms with Gasteiger partial charge in [0.15, 0.2) is 0 Å². The van der Waals surface area contributed by atoms with E-state index in [2.05, 4.69) is 5.32 Å². The van der Waals surface area contributed by atoms with Gasteiger partial charge in [0, 0.05) is 12.1 Å². The van der Waals surface area contributed by atoms with E-state index < -0.39 is 11.0 Å². The highest BCUT2D eigenvalue weighted by molar-refractivity contribution is 5.90. The van der Waals surface area contributed by atoms with Gasteiger partial charge in [-0.05, 0) is 6.07 Å². The molecule has 1 rings (SSSR count). The van der Waals surface area contributed by atoms with Crippen LogP contribution in [0.1, 0.15) is 0 Å². The number of nitro groups is 1. The van der Waals surface area contributed by atoms with Crippen molar-refractivity contribution in [2.45, 2.75) is 0 Å². The van der Waals surface area contributed by atoms with Gasteiger partial charge in [0.05, 0.1) is 17.7 Å². The molecule has 0 bridgehead atoms. The van der Waals surface area contributed by atoms with Gasteiger partial charge in [0.2, 0.25) is 0 Å². The molecule has 0 fully saturated rings. The molecular weight excluding hydrogens is 202 g/mol. The zero-order valence-corrected chi connectivity index (χ0v) is 7.89. The summed E-state index contributed by atoms with van der Waals surface area (Å²) >= 11 is 0. The summed E-state index contributed by atoms with van der Waals surface area (Å²) in [4.78, 5) is 20.5. The zero-order valence-electron chi connectivity index (χ0n) is 7.89. The van der Waals surface area contributed by atoms with Gasteiger partial charge < -0.3 is 15.8 Å². The second-order valence-electron chi connectivity index (χ2n) is 2.63. The number of rotatable bonds is 3. The monoisotopic (exact) mass is 211 g/mol. The highest BCUT2D eigenvalue weighted by atomic mass is 16.6. The summed E-state index contributed by atoms with van der Waals surface area (Å²) in [5.74, 6) is 0.305. The van der Waals surface area contributed by atoms with Crippen molar-refractivity contribution < 1.29 is 14.5 Å². The van der Waals surface area contributed by atoms with E-state index in [-0.39, 0.29) is 11.4 Å². The Morgan fingerprint density at radius 2 is 2.27 bits per heavy atom. The second-order valence-corrected chi connectivity index (χ2v) is 2.63. The molecule has 0 aliphatic rings. The summed E-state index contributed by atoms with van der Waals surface area (Å²) in [6, 6.07) is 3.01. The number of urea groups is 1. The molecule has 0 heterocycles. The minimum absolute atomic E-state index is 0.153. The first-order chi connectivity index (χ1) is 7.04. The summed E-state index contributed by atoms with van der Waals surface area (Å²) in [6.45, 7) is 0. The predicted molar refractivity (Wildman–Crippen MR) is 52.9 cm³/mol. The first kappa shape index (κ1) is 10.8. The lowest BCUT2D eigenvalue weighted by Crippen LogP contribution is -2.19. The standard InChI is InChI=1S/C8H9N3O4/c1-15-7-3-2-5(11(13)14)4-6(7)10-8(9)12/h2-4H,1H3,(H3,9,10,12). The van der Waals surface area contributed by atoms with Crippen molar-refractivity contribution in [2.75, 3.05) is 12.4 Å². The van der Waals surface area contributed by atoms with E-state index in [4.69, 9.17) is 10.5 Å². The van der Waals surface area contributed by atoms with Gasteiger partial charge in [0.1, 0.15) is 5.75 Å². The molecule has 80 valence electrons. The molecule has 0 saturated heterocycles. The molecule has 15 heavy (non-hydrogen) atoms. The van der Waals surface area contributed by atoms with Crippen LogP contribution in [-0.2, 0) is 0 Å². The van der Waals surface area contributed by atoms with Gasteiger partial charge in [0.25, 0.3) is 5.69 Å². The molecular formula is C8H9N3O4. The summed E-state index contributed by atoms with van der Waals surface area (Å²) in [6.07, 6.45) is 0. The van der Waals surface area contributed by atoms with Crippen molar-refractivity contribution in [1.29, 1.82) is 0 Å². The third-order valence-electron chi connectivity index (χ3n) is 1.65. The molecule has 1 aromatic carbocycles. The van der Waals surface area contributed by atoms with Crippen LogP contribution in [0.2, 0.25) is 0 Å². The SMILES string of the molecule is COc1ccc([N+](=O)[O-])cc1NC(N)=O. The van der Waals surface area contributed by atoms with Gasteiger partial charge in [-0.3, -0.25) is 10.1 Å². The van der Waals surface area contributed by atoms with Crippen molar-refractivity contribution >= 4 is 17.4 Å². The van der Waals surface area contributed by atoms with Crippen LogP contribution in [-0.4, -0.2) is 18.1 Å². The van der Waals surface area contributed by atoms with Crippen molar-refractivity contribution in [2.24, 2.45) is 5.73 Å². The lowest BCUT2D eigenvalue weighted by molar-refractivity contribution is -0.384. The van der Waals surface area contributed by atoms with E-state index in [9.17, 15) is 14.9 Å². The maximum absolute atomic E-state index is 10.6. The minimum Gasteiger partial charge on any atom is -0.495 e. The van der Waals surface area contributed by atoms with Gasteiger partial charge in [-0.2, -0.15) is 0 Å². The molecule has 0 aliphatic carbocycles. The highest BCUT2D eigenvalue weighted by Crippen LogP contribution is 2.28. The zero-order chi connectivity index (χ0) is 11.4. The van der Waals surface area contributed by atoms with Crippen LogP contribution in [0.3, 0.4) is 0 Å². The molecule has 3 N–H and O–H groups in total. The highest BCUT2D eigenvalue weighted by Gasteiger charge is 2.11. The summed E-state index contributed by atoms with van der Waals surface area (Å²) in [7, 11) is 1.38. The quantitative estimate of drug-likeness (QED) is 0.576. The summed E-state index contributed by atoms with van der Waals surface area (Å²) < 4.78 is 4.89. The van der Waals surface area contributed by atoms with Crippen LogP contribution in [0.15, 0.2) is 18.2 Å². The van der Waals surface area contributed by atoms with Gasteiger partial charge >= 0.3 is 6.03 Å². The number of carbonyl (C=O) groups is 1. The number of nitrogens with two attached hydrogens (primary N) is 1. The van der Waals surface area contributed by atoms with E-state index in [0.29, 0.717) is 5.75 Å². The number of benzene rings is 1. The number of nitrogens with zero attached hydrogens (tertiary/aromatic N) is 1. The van der Waals surface area contributed by atoms with E-state index in [1.54, 1.807) is 0 Å². The number of carbonyl (C=O) groups excluding carboxylic acids is 1. The fraction of sp³-hybridized carbons (Fsp3) is 0.125. The number of hydrogen-bond donors (Lipinski definition) is 2. The maximum atomic E-state index is 10.6. The number of nitro benzene ring substituents is 1. The second kappa shape index (κ2) is 4.27. The Morgan fingerprint density at radius 3 is 2.73 bits per heavy atom. The topological polar surface area (TPSA) is 107 Å². The lowest BCUT2D eigenvalue weighted by atomic mass is 10.2. The largest absolute Gasteiger partial charge is 0.495 e. The lowest BCUT2D eigenvalue weighted by Gasteiger charge is -2.07. The predicted octanol–water partition coefficient (Wildman–Crippen LogP) is 1.09. The van der Waals surface area contributed by atoms with E-state index in [0.717, 1.165) is 0 Å². The molecule has 0 aromatic heterocycles. The Bertz CT molecular complexity index is 405. The normalized spacial score (nSPS) is 9.40. The molecule has 2 amide bonds. The Balaban J connectivity index is 3.12. The Kier molecular flexibility index (Phi) is 3.06. The van der Waals surface area contributed by atoms with Crippen LogP contribution < -0.4 is 15.8 Å². The van der Waals surface area contributed by atoms with Gasteiger partial charge in [-0.25, -0.2) is 4.79 Å². The first-order valence-electron chi connectivity index (χ1n) is 3.93. The number of non-ortho nitro benzene ring substituents is 1. The molecule has 7 heteroatoms. The van der Waals surface area contributed by atoms with Crippen molar-refractivity contribution in [3.8, 4) is 5.75 Å². The van der Waals surface area contributed by atoms with Crippen LogP contribution in [0, 0.1) is 10.1 Å². The molecule has 0 aliphatic heterocycles. The van der Waals surface area contributed by atoms with E-state index in [1.165, 1.54) is 25.3 Å². The van der Waals surface area contributed by atoms with Gasteiger partial charge in [-0.15, -0.1) is 0 Å². The number of nitrogens with one attached hydrogen (secondary N) is 1. The minimum atomic E-state index is -0.811. The van der Waals surface area contributed by atoms with E-state index in [1.807, 2.05) is 0 Å². The number of amides is 2. The summed E-state index contributed by atoms with van der Waals surface area (Å²) in [5, 5.41) is 12.7. The molecule has 0 unspecified atom stereocenters. The molecule has 0 atom stereocenters. The molecule has 0 saturated carbocycles. The number of hydrogen-bond acceptors (Lipinski definition) is 4. The van der Waals surface area contributed by atoms with Gasteiger partial charge in [-0.1, -0.05) is 0 Å². The van der Waals surface area contributed by atoms with Crippen molar-refractivity contribution in [3.63, 3.8) is 0 Å². The fourth-order valence-electron chi connectivity index (χ4n) is 1.04. The van der Waals surface area contributed by atoms with Crippen LogP contribution in [0.25, 0.3) is 0 Å². The Labute approximate surface area is 85.0 Å². The molecule has 7 nitrogen and oxygen atoms in total. The first-order valence-corrected chi connectivity index (χ1v) is 3.93. The maximum Gasteiger partial charge on any atom is 0.316 e. The fourth-order valence-corrected chi connectivity index (χ4v) is 1.04. The van der Waals surface area contributed by atoms with Crippen molar-refractivity contribution in [1.82, 2.24) is 0 Å². The van der Waals surface area contributed by atoms with Crippen LogP contribution in [0.5, 0.6) is 5.75 Å². The molecule has 1 aromatic rings. The number of anilines is 1. The van der Waals surface area contributed by atoms with Crippen LogP contribution in [0.4, 0.5) is 16.2 Å². The average molecular weight is 211 g/mol. The molecule has 0 radical (unpaired) electrons. The number of methoxy groups -OCH3 is 1. The third kappa shape index (κ3) is 2.56. The Morgan fingerprint density at radius 1 is 1.60 bits per heavy atom. The Hall–Kier alpha value is -2.31. The third-order valence-corrected chi connectivity index (χ3v) is 1.65. The van der Waals surface area contributed by atoms with Crippen molar-refractivity contribution in [3.05, 3.63) is 28.3 Å². The number of ether oxygens (including phenoxy) is 1. The average Bonchev–Trinajstić information content (AvgIpc) is 2.16.